The number of allylic oxidation sites excluding steroid dienone is 2. The van der Waals surface area contributed by atoms with Crippen LogP contribution in [0, 0.1) is 10.8 Å². The summed E-state index contributed by atoms with van der Waals surface area (Å²) in [5.41, 5.74) is 3.85. The summed E-state index contributed by atoms with van der Waals surface area (Å²) in [5, 5.41) is 10.7. The molecule has 3 heteroatoms. The molecule has 0 bridgehead atoms. The second-order valence-electron chi connectivity index (χ2n) is 5.35. The molecule has 0 aliphatic carbocycles. The minimum absolute atomic E-state index is 0.0309. The van der Waals surface area contributed by atoms with Crippen LogP contribution in [0.2, 0.25) is 0 Å². The molecule has 17 heavy (non-hydrogen) atoms. The normalized spacial score (nSPS) is 14.2. The van der Waals surface area contributed by atoms with Gasteiger partial charge in [-0.1, -0.05) is 27.4 Å². The number of hydrogen-bond donors (Lipinski definition) is 2. The van der Waals surface area contributed by atoms with Crippen molar-refractivity contribution in [2.45, 2.75) is 41.5 Å². The molecule has 0 saturated heterocycles. The Bertz CT molecular complexity index is 379. The third kappa shape index (κ3) is 4.55. The van der Waals surface area contributed by atoms with Gasteiger partial charge >= 0.3 is 0 Å². The highest BCUT2D eigenvalue weighted by atomic mass is 15.0. The van der Waals surface area contributed by atoms with E-state index in [0.717, 1.165) is 17.0 Å². The molecule has 3 nitrogen and oxygen atoms in total. The quantitative estimate of drug-likeness (QED) is 0.570. The van der Waals surface area contributed by atoms with Crippen LogP contribution in [0.4, 0.5) is 0 Å². The Balaban J connectivity index is 5.74. The Kier molecular flexibility index (Phi) is 5.33. The highest BCUT2D eigenvalue weighted by molar-refractivity contribution is 6.13. The standard InChI is InChI=1S/C14H25N3/c1-9(2)12(16-8)13(17-11(4)15)10(3)14(5,6)7/h1H2,2-8H3,(H2,15,17)/b13-10-,16-12?. The summed E-state index contributed by atoms with van der Waals surface area (Å²) in [6.07, 6.45) is 0. The van der Waals surface area contributed by atoms with Crippen LogP contribution in [0.15, 0.2) is 28.4 Å². The molecule has 0 radical (unpaired) electrons. The lowest BCUT2D eigenvalue weighted by molar-refractivity contribution is 0.498. The second kappa shape index (κ2) is 5.80. The van der Waals surface area contributed by atoms with Gasteiger partial charge < -0.3 is 5.32 Å². The Hall–Kier alpha value is -1.38. The third-order valence-electron chi connectivity index (χ3n) is 2.68. The van der Waals surface area contributed by atoms with Gasteiger partial charge in [-0.15, -0.1) is 0 Å². The molecular formula is C14H25N3. The maximum absolute atomic E-state index is 7.60. The van der Waals surface area contributed by atoms with Gasteiger partial charge in [0.25, 0.3) is 0 Å². The molecule has 0 aliphatic rings. The van der Waals surface area contributed by atoms with E-state index in [-0.39, 0.29) is 5.41 Å². The lowest BCUT2D eigenvalue weighted by Gasteiger charge is -2.25. The first-order chi connectivity index (χ1) is 7.61. The van der Waals surface area contributed by atoms with Gasteiger partial charge in [0.05, 0.1) is 17.2 Å². The topological polar surface area (TPSA) is 48.2 Å². The van der Waals surface area contributed by atoms with Crippen molar-refractivity contribution >= 4 is 11.5 Å². The summed E-state index contributed by atoms with van der Waals surface area (Å²) in [4.78, 5) is 4.28. The fourth-order valence-corrected chi connectivity index (χ4v) is 1.41. The zero-order valence-corrected chi connectivity index (χ0v) is 12.2. The van der Waals surface area contributed by atoms with Gasteiger partial charge in [-0.3, -0.25) is 10.4 Å². The van der Waals surface area contributed by atoms with Gasteiger partial charge in [-0.05, 0) is 37.3 Å². The van der Waals surface area contributed by atoms with Crippen molar-refractivity contribution in [3.63, 3.8) is 0 Å². The van der Waals surface area contributed by atoms with Crippen molar-refractivity contribution in [1.29, 1.82) is 5.41 Å². The van der Waals surface area contributed by atoms with Crippen molar-refractivity contribution in [1.82, 2.24) is 5.32 Å². The molecule has 0 aromatic carbocycles. The van der Waals surface area contributed by atoms with E-state index in [1.165, 1.54) is 5.57 Å². The van der Waals surface area contributed by atoms with Crippen molar-refractivity contribution in [3.05, 3.63) is 23.4 Å². The molecule has 0 fully saturated rings. The average molecular weight is 235 g/mol. The molecule has 2 N–H and O–H groups in total. The van der Waals surface area contributed by atoms with E-state index < -0.39 is 0 Å². The summed E-state index contributed by atoms with van der Waals surface area (Å²) in [5.74, 6) is 0.408. The van der Waals surface area contributed by atoms with Crippen LogP contribution in [-0.2, 0) is 0 Å². The summed E-state index contributed by atoms with van der Waals surface area (Å²) in [6.45, 7) is 16.1. The SMILES string of the molecule is C=C(C)C(=NC)/C(NC(C)=N)=C(\C)C(C)(C)C. The predicted molar refractivity (Wildman–Crippen MR) is 76.9 cm³/mol. The molecule has 0 spiro atoms. The van der Waals surface area contributed by atoms with Crippen LogP contribution < -0.4 is 5.32 Å². The molecule has 0 unspecified atom stereocenters. The third-order valence-corrected chi connectivity index (χ3v) is 2.68. The highest BCUT2D eigenvalue weighted by Crippen LogP contribution is 2.28. The van der Waals surface area contributed by atoms with Crippen LogP contribution in [0.1, 0.15) is 41.5 Å². The number of amidine groups is 1. The molecule has 0 atom stereocenters. The van der Waals surface area contributed by atoms with Gasteiger partial charge in [-0.25, -0.2) is 0 Å². The number of aliphatic imine (C=N–C) groups is 1. The number of nitrogens with one attached hydrogen (secondary N) is 2. The summed E-state index contributed by atoms with van der Waals surface area (Å²) in [7, 11) is 1.75. The number of hydrogen-bond acceptors (Lipinski definition) is 2. The number of nitrogens with zero attached hydrogens (tertiary/aromatic N) is 1. The largest absolute Gasteiger partial charge is 0.343 e. The zero-order valence-electron chi connectivity index (χ0n) is 12.2. The fraction of sp³-hybridized carbons (Fsp3) is 0.571. The molecule has 0 aromatic heterocycles. The Labute approximate surface area is 105 Å². The first-order valence-corrected chi connectivity index (χ1v) is 5.77. The van der Waals surface area contributed by atoms with E-state index in [1.807, 2.05) is 6.92 Å². The van der Waals surface area contributed by atoms with Gasteiger partial charge in [0.2, 0.25) is 0 Å². The number of rotatable bonds is 3. The van der Waals surface area contributed by atoms with Crippen LogP contribution in [0.3, 0.4) is 0 Å². The molecule has 0 saturated carbocycles. The Morgan fingerprint density at radius 3 is 1.88 bits per heavy atom. The molecule has 0 aliphatic heterocycles. The van der Waals surface area contributed by atoms with E-state index in [4.69, 9.17) is 5.41 Å². The van der Waals surface area contributed by atoms with Crippen LogP contribution in [0.5, 0.6) is 0 Å². The minimum Gasteiger partial charge on any atom is -0.343 e. The first kappa shape index (κ1) is 15.6. The van der Waals surface area contributed by atoms with Gasteiger partial charge in [-0.2, -0.15) is 0 Å². The summed E-state index contributed by atoms with van der Waals surface area (Å²) >= 11 is 0. The van der Waals surface area contributed by atoms with Crippen LogP contribution in [-0.4, -0.2) is 18.6 Å². The van der Waals surface area contributed by atoms with Gasteiger partial charge in [0.15, 0.2) is 0 Å². The lowest BCUT2D eigenvalue weighted by Crippen LogP contribution is -2.29. The van der Waals surface area contributed by atoms with E-state index in [2.05, 4.69) is 44.6 Å². The maximum Gasteiger partial charge on any atom is 0.0944 e. The monoisotopic (exact) mass is 235 g/mol. The molecule has 0 rings (SSSR count). The maximum atomic E-state index is 7.60. The predicted octanol–water partition coefficient (Wildman–Crippen LogP) is 3.54. The van der Waals surface area contributed by atoms with Gasteiger partial charge in [0, 0.05) is 7.05 Å². The van der Waals surface area contributed by atoms with Gasteiger partial charge in [0.1, 0.15) is 0 Å². The smallest absolute Gasteiger partial charge is 0.0944 e. The molecular weight excluding hydrogens is 210 g/mol. The Morgan fingerprint density at radius 1 is 1.18 bits per heavy atom. The Morgan fingerprint density at radius 2 is 1.65 bits per heavy atom. The summed E-state index contributed by atoms with van der Waals surface area (Å²) in [6, 6.07) is 0. The zero-order chi connectivity index (χ0) is 13.8. The highest BCUT2D eigenvalue weighted by Gasteiger charge is 2.20. The molecule has 0 heterocycles. The van der Waals surface area contributed by atoms with Crippen molar-refractivity contribution < 1.29 is 0 Å². The van der Waals surface area contributed by atoms with Crippen LogP contribution >= 0.6 is 0 Å². The van der Waals surface area contributed by atoms with E-state index in [1.54, 1.807) is 14.0 Å². The molecule has 96 valence electrons. The van der Waals surface area contributed by atoms with Crippen molar-refractivity contribution in [3.8, 4) is 0 Å². The van der Waals surface area contributed by atoms with Crippen LogP contribution in [0.25, 0.3) is 0 Å². The van der Waals surface area contributed by atoms with E-state index >= 15 is 0 Å². The minimum atomic E-state index is 0.0309. The second-order valence-corrected chi connectivity index (χ2v) is 5.35. The lowest BCUT2D eigenvalue weighted by atomic mass is 9.84. The molecule has 0 amide bonds. The van der Waals surface area contributed by atoms with Crippen molar-refractivity contribution in [2.24, 2.45) is 10.4 Å². The fourth-order valence-electron chi connectivity index (χ4n) is 1.41. The summed E-state index contributed by atoms with van der Waals surface area (Å²) < 4.78 is 0. The average Bonchev–Trinajstić information content (AvgIpc) is 2.13. The van der Waals surface area contributed by atoms with E-state index in [0.29, 0.717) is 5.84 Å². The first-order valence-electron chi connectivity index (χ1n) is 5.77. The van der Waals surface area contributed by atoms with E-state index in [9.17, 15) is 0 Å². The van der Waals surface area contributed by atoms with Crippen molar-refractivity contribution in [2.75, 3.05) is 7.05 Å². The molecule has 0 aromatic rings.